The van der Waals surface area contributed by atoms with Gasteiger partial charge in [0.2, 0.25) is 0 Å². The Morgan fingerprint density at radius 3 is 3.00 bits per heavy atom. The first kappa shape index (κ1) is 12.9. The van der Waals surface area contributed by atoms with E-state index in [1.54, 1.807) is 10.9 Å². The average molecular weight is 265 g/mol. The van der Waals surface area contributed by atoms with Crippen LogP contribution in [-0.4, -0.2) is 32.4 Å². The first-order valence-electron chi connectivity index (χ1n) is 5.46. The van der Waals surface area contributed by atoms with Crippen LogP contribution in [0.2, 0.25) is 0 Å². The van der Waals surface area contributed by atoms with Gasteiger partial charge in [0.1, 0.15) is 0 Å². The molecule has 0 aliphatic rings. The first-order valence-corrected chi connectivity index (χ1v) is 5.46. The number of hydrazine groups is 1. The number of amides is 1. The number of hydrogen-bond acceptors (Lipinski definition) is 6. The first-order chi connectivity index (χ1) is 9.22. The second-order valence-corrected chi connectivity index (χ2v) is 3.59. The number of pyridine rings is 1. The van der Waals surface area contributed by atoms with Crippen LogP contribution in [0.3, 0.4) is 0 Å². The Labute approximate surface area is 107 Å². The lowest BCUT2D eigenvalue weighted by atomic mass is 10.2. The summed E-state index contributed by atoms with van der Waals surface area (Å²) in [5.74, 6) is 3.57. The number of carbonyl (C=O) groups is 1. The predicted molar refractivity (Wildman–Crippen MR) is 64.4 cm³/mol. The van der Waals surface area contributed by atoms with Crippen LogP contribution in [0, 0.1) is 5.82 Å². The van der Waals surface area contributed by atoms with Crippen LogP contribution >= 0.6 is 0 Å². The summed E-state index contributed by atoms with van der Waals surface area (Å²) in [5.41, 5.74) is 1.96. The minimum Gasteiger partial charge on any atom is -0.350 e. The molecule has 0 saturated carbocycles. The minimum absolute atomic E-state index is 0.124. The molecule has 0 aliphatic heterocycles. The summed E-state index contributed by atoms with van der Waals surface area (Å²) < 4.78 is 15.3. The maximum absolute atomic E-state index is 13.7. The number of nitrogens with two attached hydrogens (primary N) is 1. The molecule has 0 saturated heterocycles. The van der Waals surface area contributed by atoms with Gasteiger partial charge in [0.05, 0.1) is 18.3 Å². The van der Waals surface area contributed by atoms with Gasteiger partial charge >= 0.3 is 0 Å². The lowest BCUT2D eigenvalue weighted by molar-refractivity contribution is 0.0948. The summed E-state index contributed by atoms with van der Waals surface area (Å²) in [4.78, 5) is 15.4. The molecule has 19 heavy (non-hydrogen) atoms. The molecular weight excluding hydrogens is 253 g/mol. The molecule has 9 heteroatoms. The zero-order chi connectivity index (χ0) is 13.7. The van der Waals surface area contributed by atoms with Crippen molar-refractivity contribution in [3.63, 3.8) is 0 Å². The van der Waals surface area contributed by atoms with E-state index in [9.17, 15) is 9.18 Å². The molecule has 0 radical (unpaired) electrons. The van der Waals surface area contributed by atoms with Crippen LogP contribution in [0.25, 0.3) is 0 Å². The fourth-order valence-corrected chi connectivity index (χ4v) is 1.45. The summed E-state index contributed by atoms with van der Waals surface area (Å²) in [7, 11) is 0. The Morgan fingerprint density at radius 1 is 1.47 bits per heavy atom. The third-order valence-corrected chi connectivity index (χ3v) is 2.37. The number of rotatable bonds is 5. The van der Waals surface area contributed by atoms with Crippen molar-refractivity contribution in [1.29, 1.82) is 0 Å². The molecular formula is C10H12FN7O. The fraction of sp³-hybridized carbons (Fsp3) is 0.200. The number of nitrogen functional groups attached to an aromatic ring is 1. The molecule has 2 heterocycles. The highest BCUT2D eigenvalue weighted by Crippen LogP contribution is 2.13. The third kappa shape index (κ3) is 3.01. The van der Waals surface area contributed by atoms with E-state index in [0.29, 0.717) is 13.1 Å². The molecule has 2 aromatic heterocycles. The van der Waals surface area contributed by atoms with Gasteiger partial charge < -0.3 is 10.7 Å². The molecule has 0 aromatic carbocycles. The molecule has 8 nitrogen and oxygen atoms in total. The second-order valence-electron chi connectivity index (χ2n) is 3.59. The fourth-order valence-electron chi connectivity index (χ4n) is 1.45. The van der Waals surface area contributed by atoms with Crippen LogP contribution < -0.4 is 16.6 Å². The van der Waals surface area contributed by atoms with Gasteiger partial charge in [-0.05, 0) is 6.07 Å². The standard InChI is InChI=1S/C10H12FN7O/c11-8-7(1-2-13-9(8)16-12)10(19)14-3-5-18-6-4-15-17-18/h1-2,4,6H,3,5,12H2,(H,13,16)(H,14,19). The summed E-state index contributed by atoms with van der Waals surface area (Å²) >= 11 is 0. The molecule has 0 fully saturated rings. The highest BCUT2D eigenvalue weighted by atomic mass is 19.1. The van der Waals surface area contributed by atoms with Crippen molar-refractivity contribution in [3.05, 3.63) is 36.0 Å². The van der Waals surface area contributed by atoms with Crippen molar-refractivity contribution >= 4 is 11.7 Å². The van der Waals surface area contributed by atoms with E-state index in [4.69, 9.17) is 5.84 Å². The Bertz CT molecular complexity index is 557. The van der Waals surface area contributed by atoms with E-state index in [1.807, 2.05) is 0 Å². The summed E-state index contributed by atoms with van der Waals surface area (Å²) in [6.45, 7) is 0.746. The van der Waals surface area contributed by atoms with E-state index in [0.717, 1.165) is 0 Å². The minimum atomic E-state index is -0.789. The van der Waals surface area contributed by atoms with Crippen molar-refractivity contribution < 1.29 is 9.18 Å². The Balaban J connectivity index is 1.96. The van der Waals surface area contributed by atoms with Gasteiger partial charge in [0.25, 0.3) is 5.91 Å². The van der Waals surface area contributed by atoms with Crippen LogP contribution in [-0.2, 0) is 6.54 Å². The predicted octanol–water partition coefficient (Wildman–Crippen LogP) is -0.472. The molecule has 0 atom stereocenters. The quantitative estimate of drug-likeness (QED) is 0.498. The van der Waals surface area contributed by atoms with E-state index in [-0.39, 0.29) is 11.4 Å². The summed E-state index contributed by atoms with van der Waals surface area (Å²) in [6, 6.07) is 1.28. The number of halogens is 1. The number of aromatic nitrogens is 4. The summed E-state index contributed by atoms with van der Waals surface area (Å²) in [6.07, 6.45) is 4.49. The Morgan fingerprint density at radius 2 is 2.32 bits per heavy atom. The average Bonchev–Trinajstić information content (AvgIpc) is 2.92. The van der Waals surface area contributed by atoms with Gasteiger partial charge in [-0.15, -0.1) is 5.10 Å². The highest BCUT2D eigenvalue weighted by Gasteiger charge is 2.15. The zero-order valence-electron chi connectivity index (χ0n) is 9.88. The van der Waals surface area contributed by atoms with Gasteiger partial charge in [-0.2, -0.15) is 0 Å². The van der Waals surface area contributed by atoms with Crippen LogP contribution in [0.4, 0.5) is 10.2 Å². The van der Waals surface area contributed by atoms with Crippen molar-refractivity contribution in [1.82, 2.24) is 25.3 Å². The molecule has 0 bridgehead atoms. The van der Waals surface area contributed by atoms with Gasteiger partial charge in [-0.25, -0.2) is 15.2 Å². The van der Waals surface area contributed by atoms with Crippen LogP contribution in [0.5, 0.6) is 0 Å². The van der Waals surface area contributed by atoms with Crippen molar-refractivity contribution in [3.8, 4) is 0 Å². The largest absolute Gasteiger partial charge is 0.350 e. The molecule has 100 valence electrons. The highest BCUT2D eigenvalue weighted by molar-refractivity contribution is 5.95. The molecule has 4 N–H and O–H groups in total. The smallest absolute Gasteiger partial charge is 0.254 e. The van der Waals surface area contributed by atoms with E-state index < -0.39 is 11.7 Å². The normalized spacial score (nSPS) is 10.2. The molecule has 2 rings (SSSR count). The lowest BCUT2D eigenvalue weighted by Crippen LogP contribution is -2.28. The van der Waals surface area contributed by atoms with Crippen molar-refractivity contribution in [2.75, 3.05) is 12.0 Å². The van der Waals surface area contributed by atoms with Crippen LogP contribution in [0.15, 0.2) is 24.7 Å². The molecule has 1 amide bonds. The lowest BCUT2D eigenvalue weighted by Gasteiger charge is -2.07. The second kappa shape index (κ2) is 5.87. The van der Waals surface area contributed by atoms with Crippen molar-refractivity contribution in [2.24, 2.45) is 5.84 Å². The number of carbonyl (C=O) groups excluding carboxylic acids is 1. The van der Waals surface area contributed by atoms with E-state index in [1.165, 1.54) is 18.5 Å². The van der Waals surface area contributed by atoms with Gasteiger partial charge in [0, 0.05) is 18.9 Å². The topological polar surface area (TPSA) is 111 Å². The van der Waals surface area contributed by atoms with Gasteiger partial charge in [-0.1, -0.05) is 5.21 Å². The summed E-state index contributed by atoms with van der Waals surface area (Å²) in [5, 5.41) is 9.93. The van der Waals surface area contributed by atoms with Gasteiger partial charge in [0.15, 0.2) is 11.6 Å². The number of nitrogens with zero attached hydrogens (tertiary/aromatic N) is 4. The number of hydrogen-bond donors (Lipinski definition) is 3. The number of anilines is 1. The maximum Gasteiger partial charge on any atom is 0.254 e. The monoisotopic (exact) mass is 265 g/mol. The zero-order valence-corrected chi connectivity index (χ0v) is 9.88. The maximum atomic E-state index is 13.7. The Kier molecular flexibility index (Phi) is 3.98. The Hall–Kier alpha value is -2.55. The SMILES string of the molecule is NNc1nccc(C(=O)NCCn2ccnn2)c1F. The van der Waals surface area contributed by atoms with E-state index in [2.05, 4.69) is 26.0 Å². The molecule has 0 aliphatic carbocycles. The van der Waals surface area contributed by atoms with E-state index >= 15 is 0 Å². The number of nitrogens with one attached hydrogen (secondary N) is 2. The van der Waals surface area contributed by atoms with Gasteiger partial charge in [-0.3, -0.25) is 9.48 Å². The van der Waals surface area contributed by atoms with Crippen molar-refractivity contribution in [2.45, 2.75) is 6.54 Å². The third-order valence-electron chi connectivity index (χ3n) is 2.37. The molecule has 0 unspecified atom stereocenters. The molecule has 2 aromatic rings. The van der Waals surface area contributed by atoms with Crippen LogP contribution in [0.1, 0.15) is 10.4 Å². The molecule has 0 spiro atoms.